The molecule has 0 amide bonds. The lowest BCUT2D eigenvalue weighted by molar-refractivity contribution is -0.0854. The van der Waals surface area contributed by atoms with Crippen molar-refractivity contribution in [2.24, 2.45) is 4.90 Å². The normalized spacial score (nSPS) is 16.3. The first-order valence-corrected chi connectivity index (χ1v) is 13.8. The first kappa shape index (κ1) is 32.0. The summed E-state index contributed by atoms with van der Waals surface area (Å²) in [6, 6.07) is 1.55. The number of thiophene rings is 1. The molecule has 0 fully saturated rings. The van der Waals surface area contributed by atoms with Gasteiger partial charge in [-0.1, -0.05) is 56.3 Å². The maximum Gasteiger partial charge on any atom is 0.407 e. The molecule has 0 saturated carbocycles. The first-order valence-electron chi connectivity index (χ1n) is 12.5. The van der Waals surface area contributed by atoms with Crippen molar-refractivity contribution in [3.63, 3.8) is 0 Å². The second-order valence-corrected chi connectivity index (χ2v) is 10.2. The molecule has 1 N–H and O–H groups in total. The lowest BCUT2D eigenvalue weighted by Crippen LogP contribution is -2.34. The molecule has 3 heterocycles. The zero-order valence-electron chi connectivity index (χ0n) is 22.6. The lowest BCUT2D eigenvalue weighted by atomic mass is 9.49. The van der Waals surface area contributed by atoms with E-state index in [-0.39, 0.29) is 37.6 Å². The summed E-state index contributed by atoms with van der Waals surface area (Å²) >= 11 is 7.40. The second-order valence-electron chi connectivity index (χ2n) is 8.90. The Morgan fingerprint density at radius 3 is 2.51 bits per heavy atom. The van der Waals surface area contributed by atoms with Crippen LogP contribution in [0, 0.1) is 0 Å². The fourth-order valence-corrected chi connectivity index (χ4v) is 5.10. The highest BCUT2D eigenvalue weighted by molar-refractivity contribution is 7.08. The van der Waals surface area contributed by atoms with Gasteiger partial charge in [-0.15, -0.1) is 11.3 Å². The number of halogens is 6. The molecule has 0 saturated heterocycles. The minimum atomic E-state index is -4.80. The highest BCUT2D eigenvalue weighted by atomic mass is 35.5. The van der Waals surface area contributed by atoms with E-state index in [1.807, 2.05) is 6.92 Å². The average molecular weight is 608 g/mol. The van der Waals surface area contributed by atoms with Gasteiger partial charge in [0.2, 0.25) is 0 Å². The third-order valence-corrected chi connectivity index (χ3v) is 7.46. The molecule has 1 aliphatic heterocycles. The summed E-state index contributed by atoms with van der Waals surface area (Å²) in [5.41, 5.74) is -0.720. The Kier molecular flexibility index (Phi) is 10.9. The van der Waals surface area contributed by atoms with Crippen molar-refractivity contribution < 1.29 is 22.0 Å². The quantitative estimate of drug-likeness (QED) is 0.178. The lowest BCUT2D eigenvalue weighted by Gasteiger charge is -2.18. The SMILES string of the molecule is C=C(NC(=C/C)/C=C(/Cl)C(=C)n1nccn1)C1=C(C(F)(F)F)B(C(/C=C/CCC)=c2\ccs\c2=C(\C)C(F)F)N=C1. The van der Waals surface area contributed by atoms with Crippen molar-refractivity contribution in [2.75, 3.05) is 0 Å². The number of hydrogen-bond donors (Lipinski definition) is 1. The molecule has 41 heavy (non-hydrogen) atoms. The topological polar surface area (TPSA) is 55.1 Å². The van der Waals surface area contributed by atoms with Gasteiger partial charge in [-0.05, 0) is 48.5 Å². The van der Waals surface area contributed by atoms with Crippen molar-refractivity contribution >= 4 is 52.7 Å². The molecule has 216 valence electrons. The predicted octanol–water partition coefficient (Wildman–Crippen LogP) is 6.60. The molecule has 13 heteroatoms. The number of nitrogens with zero attached hydrogens (tertiary/aromatic N) is 4. The molecule has 0 bridgehead atoms. The van der Waals surface area contributed by atoms with Crippen LogP contribution in [0.4, 0.5) is 22.0 Å². The number of unbranched alkanes of at least 4 members (excludes halogenated alkanes) is 1. The van der Waals surface area contributed by atoms with Crippen LogP contribution < -0.4 is 15.1 Å². The largest absolute Gasteiger partial charge is 0.407 e. The number of hydrogen-bond acceptors (Lipinski definition) is 5. The minimum absolute atomic E-state index is 0.0713. The van der Waals surface area contributed by atoms with E-state index in [9.17, 15) is 22.0 Å². The summed E-state index contributed by atoms with van der Waals surface area (Å²) in [5, 5.41) is 12.8. The van der Waals surface area contributed by atoms with Crippen molar-refractivity contribution in [1.29, 1.82) is 0 Å². The summed E-state index contributed by atoms with van der Waals surface area (Å²) in [4.78, 5) is 5.43. The van der Waals surface area contributed by atoms with E-state index in [1.165, 1.54) is 30.2 Å². The fourth-order valence-electron chi connectivity index (χ4n) is 3.97. The first-order chi connectivity index (χ1) is 19.4. The zero-order chi connectivity index (χ0) is 30.3. The van der Waals surface area contributed by atoms with Gasteiger partial charge in [0.1, 0.15) is 0 Å². The van der Waals surface area contributed by atoms with Gasteiger partial charge < -0.3 is 10.2 Å². The Morgan fingerprint density at radius 1 is 1.24 bits per heavy atom. The number of nitrogens with one attached hydrogen (secondary N) is 1. The van der Waals surface area contributed by atoms with E-state index < -0.39 is 24.9 Å². The molecule has 0 unspecified atom stereocenters. The molecule has 0 aliphatic carbocycles. The third kappa shape index (κ3) is 7.62. The highest BCUT2D eigenvalue weighted by Gasteiger charge is 2.47. The molecule has 3 rings (SSSR count). The molecule has 5 nitrogen and oxygen atoms in total. The predicted molar refractivity (Wildman–Crippen MR) is 159 cm³/mol. The minimum Gasteiger partial charge on any atom is -0.356 e. The van der Waals surface area contributed by atoms with Crippen LogP contribution in [0.15, 0.2) is 93.7 Å². The molecule has 0 atom stereocenters. The van der Waals surface area contributed by atoms with Crippen molar-refractivity contribution in [3.05, 3.63) is 98.5 Å². The zero-order valence-corrected chi connectivity index (χ0v) is 24.2. The van der Waals surface area contributed by atoms with E-state index in [4.69, 9.17) is 11.6 Å². The summed E-state index contributed by atoms with van der Waals surface area (Å²) in [7, 11) is 0. The van der Waals surface area contributed by atoms with Crippen LogP contribution >= 0.6 is 22.9 Å². The molecule has 0 radical (unpaired) electrons. The van der Waals surface area contributed by atoms with Gasteiger partial charge in [-0.2, -0.15) is 28.2 Å². The van der Waals surface area contributed by atoms with Gasteiger partial charge in [0.05, 0.1) is 23.1 Å². The maximum atomic E-state index is 14.6. The summed E-state index contributed by atoms with van der Waals surface area (Å²) in [6.07, 6.45) is 4.14. The number of allylic oxidation sites excluding steroid dienone is 8. The van der Waals surface area contributed by atoms with Gasteiger partial charge in [0.15, 0.2) is 0 Å². The van der Waals surface area contributed by atoms with Crippen LogP contribution in [0.2, 0.25) is 0 Å². The van der Waals surface area contributed by atoms with Crippen LogP contribution in [-0.4, -0.2) is 40.7 Å². The summed E-state index contributed by atoms with van der Waals surface area (Å²) < 4.78 is 71.4. The van der Waals surface area contributed by atoms with E-state index in [0.29, 0.717) is 17.3 Å². The Morgan fingerprint density at radius 2 is 1.93 bits per heavy atom. The maximum absolute atomic E-state index is 14.6. The second kappa shape index (κ2) is 13.9. The highest BCUT2D eigenvalue weighted by Crippen LogP contribution is 2.37. The van der Waals surface area contributed by atoms with Crippen LogP contribution in [0.25, 0.3) is 16.7 Å². The van der Waals surface area contributed by atoms with Crippen LogP contribution in [0.1, 0.15) is 33.6 Å². The van der Waals surface area contributed by atoms with Crippen molar-refractivity contribution in [3.8, 4) is 0 Å². The summed E-state index contributed by atoms with van der Waals surface area (Å²) in [5.74, 6) is 0. The van der Waals surface area contributed by atoms with Gasteiger partial charge in [-0.25, -0.2) is 8.78 Å². The van der Waals surface area contributed by atoms with Crippen LogP contribution in [-0.2, 0) is 0 Å². The van der Waals surface area contributed by atoms with E-state index >= 15 is 0 Å². The monoisotopic (exact) mass is 607 g/mol. The molecule has 2 aromatic rings. The number of alkyl halides is 5. The fraction of sp³-hybridized carbons (Fsp3) is 0.250. The smallest absolute Gasteiger partial charge is 0.356 e. The molecule has 0 aromatic carbocycles. The van der Waals surface area contributed by atoms with Gasteiger partial charge in [0, 0.05) is 38.8 Å². The standard InChI is InChI=1S/C28H28BClF5N5S/c1-6-8-9-10-23(21-11-14-41-25(21)17(3)27(31)32)29-26(28(33,34)35)22(16-36-29)18(4)39-20(7-2)15-24(30)19(5)40-37-12-13-38-40/h7,9-16,27,39H,4-6,8H2,1-3H3/b10-9+,20-7+,23-21+,24-15+,25-17-. The Labute approximate surface area is 244 Å². The Balaban J connectivity index is 2.10. The van der Waals surface area contributed by atoms with Gasteiger partial charge in [-0.3, -0.25) is 0 Å². The summed E-state index contributed by atoms with van der Waals surface area (Å²) in [6.45, 7) is 11.1. The molecule has 1 aliphatic rings. The molecular weight excluding hydrogens is 580 g/mol. The third-order valence-electron chi connectivity index (χ3n) is 6.08. The Bertz CT molecular complexity index is 1560. The van der Waals surface area contributed by atoms with Crippen LogP contribution in [0.5, 0.6) is 0 Å². The average Bonchev–Trinajstić information content (AvgIpc) is 3.70. The van der Waals surface area contributed by atoms with Gasteiger partial charge in [0.25, 0.3) is 6.43 Å². The van der Waals surface area contributed by atoms with Crippen molar-refractivity contribution in [1.82, 2.24) is 20.3 Å². The number of rotatable bonds is 11. The Hall–Kier alpha value is -3.51. The van der Waals surface area contributed by atoms with Gasteiger partial charge >= 0.3 is 13.0 Å². The van der Waals surface area contributed by atoms with Crippen molar-refractivity contribution in [2.45, 2.75) is 46.2 Å². The van der Waals surface area contributed by atoms with Crippen LogP contribution in [0.3, 0.4) is 0 Å². The molecule has 0 spiro atoms. The van der Waals surface area contributed by atoms with E-state index in [0.717, 1.165) is 24.0 Å². The van der Waals surface area contributed by atoms with E-state index in [1.54, 1.807) is 36.6 Å². The molecular formula is C28H28BClF5N5S. The van der Waals surface area contributed by atoms with E-state index in [2.05, 4.69) is 33.6 Å². The number of aromatic nitrogens is 3. The molecule has 2 aromatic heterocycles.